The van der Waals surface area contributed by atoms with Crippen LogP contribution in [0.1, 0.15) is 19.8 Å². The average Bonchev–Trinajstić information content (AvgIpc) is 3.04. The Morgan fingerprint density at radius 2 is 2.35 bits per heavy atom. The minimum Gasteiger partial charge on any atom is -0.478 e. The van der Waals surface area contributed by atoms with Gasteiger partial charge in [0.2, 0.25) is 0 Å². The van der Waals surface area contributed by atoms with Crippen LogP contribution < -0.4 is 5.32 Å². The van der Waals surface area contributed by atoms with Crippen molar-refractivity contribution in [2.45, 2.75) is 37.8 Å². The third kappa shape index (κ3) is 1.69. The zero-order valence-corrected chi connectivity index (χ0v) is 11.3. The van der Waals surface area contributed by atoms with Crippen molar-refractivity contribution in [1.82, 2.24) is 5.32 Å². The molecule has 7 heteroatoms. The fraction of sp³-hybridized carbons (Fsp3) is 0.692. The lowest BCUT2D eigenvalue weighted by Gasteiger charge is -2.36. The summed E-state index contributed by atoms with van der Waals surface area (Å²) in [6, 6.07) is 0. The average molecular weight is 283 g/mol. The van der Waals surface area contributed by atoms with Gasteiger partial charge >= 0.3 is 12.1 Å². The van der Waals surface area contributed by atoms with E-state index in [0.29, 0.717) is 6.42 Å². The lowest BCUT2D eigenvalue weighted by Crippen LogP contribution is -2.45. The second-order valence-corrected chi connectivity index (χ2v) is 5.32. The van der Waals surface area contributed by atoms with Crippen LogP contribution in [0.5, 0.6) is 0 Å². The molecule has 2 aliphatic heterocycles. The summed E-state index contributed by atoms with van der Waals surface area (Å²) in [6.07, 6.45) is 1.19. The highest BCUT2D eigenvalue weighted by Crippen LogP contribution is 2.62. The standard InChI is InChI=1S/C13H17NO6/c1-3-13-8(20-13)4-6-7(10(15)16)5-18-11(9(6)13)19-12(17)14-2/h5-6,8-9,11H,3-4H2,1-2H3,(H,14,17)(H,15,16). The number of alkyl carbamates (subject to hydrolysis) is 1. The van der Waals surface area contributed by atoms with E-state index in [9.17, 15) is 14.7 Å². The van der Waals surface area contributed by atoms with Crippen LogP contribution >= 0.6 is 0 Å². The molecule has 3 aliphatic rings. The van der Waals surface area contributed by atoms with Crippen LogP contribution in [0.15, 0.2) is 11.8 Å². The summed E-state index contributed by atoms with van der Waals surface area (Å²) >= 11 is 0. The van der Waals surface area contributed by atoms with E-state index in [2.05, 4.69) is 5.32 Å². The van der Waals surface area contributed by atoms with Crippen LogP contribution in [-0.2, 0) is 19.0 Å². The Morgan fingerprint density at radius 1 is 1.60 bits per heavy atom. The fourth-order valence-electron chi connectivity index (χ4n) is 3.56. The summed E-state index contributed by atoms with van der Waals surface area (Å²) < 4.78 is 16.3. The molecule has 5 atom stereocenters. The molecule has 0 bridgehead atoms. The van der Waals surface area contributed by atoms with Crippen molar-refractivity contribution in [3.05, 3.63) is 11.8 Å². The number of hydrogen-bond acceptors (Lipinski definition) is 5. The van der Waals surface area contributed by atoms with E-state index in [1.807, 2.05) is 6.92 Å². The molecule has 0 aromatic heterocycles. The van der Waals surface area contributed by atoms with Gasteiger partial charge in [0.15, 0.2) is 0 Å². The van der Waals surface area contributed by atoms with Crippen LogP contribution in [0.25, 0.3) is 0 Å². The van der Waals surface area contributed by atoms with Gasteiger partial charge in [-0.25, -0.2) is 9.59 Å². The van der Waals surface area contributed by atoms with Crippen molar-refractivity contribution in [3.63, 3.8) is 0 Å². The lowest BCUT2D eigenvalue weighted by atomic mass is 9.80. The molecule has 3 rings (SSSR count). The largest absolute Gasteiger partial charge is 0.478 e. The second-order valence-electron chi connectivity index (χ2n) is 5.32. The molecule has 110 valence electrons. The Bertz CT molecular complexity index is 485. The van der Waals surface area contributed by atoms with E-state index in [-0.39, 0.29) is 23.5 Å². The van der Waals surface area contributed by atoms with E-state index >= 15 is 0 Å². The summed E-state index contributed by atoms with van der Waals surface area (Å²) in [6.45, 7) is 1.98. The fourth-order valence-corrected chi connectivity index (χ4v) is 3.56. The molecule has 1 aliphatic carbocycles. The first-order valence-electron chi connectivity index (χ1n) is 6.68. The number of ether oxygens (including phenoxy) is 3. The predicted octanol–water partition coefficient (Wildman–Crippen LogP) is 0.851. The van der Waals surface area contributed by atoms with E-state index in [4.69, 9.17) is 14.2 Å². The molecule has 1 amide bonds. The SMILES string of the molecule is CCC12OC1CC1C(C(=O)O)=COC(OC(=O)NC)C12. The van der Waals surface area contributed by atoms with Gasteiger partial charge in [-0.05, 0) is 12.8 Å². The minimum absolute atomic E-state index is 0.0303. The maximum absolute atomic E-state index is 11.4. The summed E-state index contributed by atoms with van der Waals surface area (Å²) in [5.74, 6) is -1.47. The molecule has 0 spiro atoms. The topological polar surface area (TPSA) is 97.4 Å². The van der Waals surface area contributed by atoms with Crippen molar-refractivity contribution in [1.29, 1.82) is 0 Å². The van der Waals surface area contributed by atoms with Crippen molar-refractivity contribution in [2.75, 3.05) is 7.05 Å². The summed E-state index contributed by atoms with van der Waals surface area (Å²) in [5.41, 5.74) is -0.187. The van der Waals surface area contributed by atoms with Gasteiger partial charge in [0.25, 0.3) is 6.29 Å². The number of amides is 1. The molecule has 20 heavy (non-hydrogen) atoms. The number of hydrogen-bond donors (Lipinski definition) is 2. The maximum atomic E-state index is 11.4. The second kappa shape index (κ2) is 4.37. The Kier molecular flexibility index (Phi) is 2.89. The number of carbonyl (C=O) groups is 2. The van der Waals surface area contributed by atoms with Crippen LogP contribution in [0.4, 0.5) is 4.79 Å². The monoisotopic (exact) mass is 283 g/mol. The van der Waals surface area contributed by atoms with Gasteiger partial charge in [-0.15, -0.1) is 0 Å². The van der Waals surface area contributed by atoms with Gasteiger partial charge in [0.1, 0.15) is 5.60 Å². The minimum atomic E-state index is -0.994. The summed E-state index contributed by atoms with van der Waals surface area (Å²) in [4.78, 5) is 22.7. The van der Waals surface area contributed by atoms with Crippen LogP contribution in [0, 0.1) is 11.8 Å². The van der Waals surface area contributed by atoms with E-state index < -0.39 is 24.0 Å². The molecule has 0 aromatic rings. The van der Waals surface area contributed by atoms with Crippen LogP contribution in [0.3, 0.4) is 0 Å². The maximum Gasteiger partial charge on any atom is 0.409 e. The smallest absolute Gasteiger partial charge is 0.409 e. The number of carboxylic acids is 1. The van der Waals surface area contributed by atoms with Crippen molar-refractivity contribution in [2.24, 2.45) is 11.8 Å². The van der Waals surface area contributed by atoms with E-state index in [1.165, 1.54) is 13.3 Å². The molecule has 2 fully saturated rings. The molecule has 5 unspecified atom stereocenters. The predicted molar refractivity (Wildman–Crippen MR) is 65.6 cm³/mol. The molecule has 0 radical (unpaired) electrons. The third-order valence-corrected chi connectivity index (χ3v) is 4.56. The van der Waals surface area contributed by atoms with Gasteiger partial charge in [-0.3, -0.25) is 0 Å². The molecule has 2 heterocycles. The number of fused-ring (bicyclic) bond motifs is 3. The van der Waals surface area contributed by atoms with Gasteiger partial charge in [0, 0.05) is 13.0 Å². The zero-order chi connectivity index (χ0) is 14.5. The first-order chi connectivity index (χ1) is 9.53. The zero-order valence-electron chi connectivity index (χ0n) is 11.3. The number of epoxide rings is 1. The van der Waals surface area contributed by atoms with Gasteiger partial charge in [-0.1, -0.05) is 6.92 Å². The first-order valence-corrected chi connectivity index (χ1v) is 6.68. The highest BCUT2D eigenvalue weighted by molar-refractivity contribution is 5.87. The summed E-state index contributed by atoms with van der Waals surface area (Å²) in [7, 11) is 1.46. The molecule has 2 N–H and O–H groups in total. The normalized spacial score (nSPS) is 40.8. The third-order valence-electron chi connectivity index (χ3n) is 4.56. The Balaban J connectivity index is 1.89. The number of aliphatic carboxylic acids is 1. The van der Waals surface area contributed by atoms with E-state index in [0.717, 1.165) is 6.42 Å². The quantitative estimate of drug-likeness (QED) is 0.745. The Morgan fingerprint density at radius 3 is 2.95 bits per heavy atom. The number of rotatable bonds is 3. The van der Waals surface area contributed by atoms with Crippen LogP contribution in [0.2, 0.25) is 0 Å². The molecule has 1 saturated heterocycles. The van der Waals surface area contributed by atoms with E-state index in [1.54, 1.807) is 0 Å². The molecule has 0 aromatic carbocycles. The first kappa shape index (κ1) is 13.2. The highest BCUT2D eigenvalue weighted by Gasteiger charge is 2.72. The number of nitrogens with one attached hydrogen (secondary N) is 1. The van der Waals surface area contributed by atoms with Crippen molar-refractivity contribution in [3.8, 4) is 0 Å². The molecular weight excluding hydrogens is 266 g/mol. The molecule has 7 nitrogen and oxygen atoms in total. The lowest BCUT2D eigenvalue weighted by molar-refractivity contribution is -0.149. The number of carboxylic acid groups (broad SMARTS) is 1. The Labute approximate surface area is 115 Å². The number of carbonyl (C=O) groups excluding carboxylic acids is 1. The van der Waals surface area contributed by atoms with Gasteiger partial charge in [-0.2, -0.15) is 0 Å². The Hall–Kier alpha value is -1.76. The van der Waals surface area contributed by atoms with Crippen LogP contribution in [-0.4, -0.2) is 42.2 Å². The van der Waals surface area contributed by atoms with Crippen molar-refractivity contribution < 1.29 is 28.9 Å². The molecule has 1 saturated carbocycles. The van der Waals surface area contributed by atoms with Gasteiger partial charge < -0.3 is 24.6 Å². The highest BCUT2D eigenvalue weighted by atomic mass is 16.7. The van der Waals surface area contributed by atoms with Gasteiger partial charge in [0.05, 0.1) is 23.9 Å². The summed E-state index contributed by atoms with van der Waals surface area (Å²) in [5, 5.41) is 11.6. The van der Waals surface area contributed by atoms with Crippen molar-refractivity contribution >= 4 is 12.1 Å². The molecular formula is C13H17NO6.